The molecule has 9 heteroatoms. The van der Waals surface area contributed by atoms with Gasteiger partial charge in [-0.15, -0.1) is 0 Å². The number of rotatable bonds is 8. The Morgan fingerprint density at radius 1 is 1.05 bits per heavy atom. The van der Waals surface area contributed by atoms with Crippen LogP contribution in [0.1, 0.15) is 21.5 Å². The predicted octanol–water partition coefficient (Wildman–Crippen LogP) is 5.99. The molecule has 0 spiro atoms. The van der Waals surface area contributed by atoms with E-state index in [0.29, 0.717) is 27.9 Å². The minimum absolute atomic E-state index is 0.144. The number of hydrogen-bond acceptors (Lipinski definition) is 6. The van der Waals surface area contributed by atoms with Crippen molar-refractivity contribution in [3.05, 3.63) is 88.5 Å². The lowest BCUT2D eigenvalue weighted by Gasteiger charge is -2.14. The van der Waals surface area contributed by atoms with Crippen LogP contribution < -0.4 is 9.47 Å². The number of carboxylic acid groups (broad SMARTS) is 1. The fraction of sp³-hybridized carbons (Fsp3) is 0.138. The second kappa shape index (κ2) is 10.7. The molecule has 2 heterocycles. The van der Waals surface area contributed by atoms with Gasteiger partial charge in [0.1, 0.15) is 15.8 Å². The Balaban J connectivity index is 1.39. The number of thiocarbonyl (C=S) groups is 1. The average molecular weight is 545 g/mol. The predicted molar refractivity (Wildman–Crippen MR) is 154 cm³/mol. The van der Waals surface area contributed by atoms with E-state index in [9.17, 15) is 9.59 Å². The van der Waals surface area contributed by atoms with Crippen molar-refractivity contribution in [2.75, 3.05) is 20.8 Å². The fourth-order valence-corrected chi connectivity index (χ4v) is 5.71. The molecule has 1 saturated heterocycles. The summed E-state index contributed by atoms with van der Waals surface area (Å²) in [5, 5.41) is 10.1. The number of nitrogens with zero attached hydrogens (tertiary/aromatic N) is 1. The maximum atomic E-state index is 13.2. The zero-order valence-corrected chi connectivity index (χ0v) is 22.3. The lowest BCUT2D eigenvalue weighted by molar-refractivity contribution is -0.122. The molecule has 4 aromatic rings. The molecule has 1 aliphatic rings. The van der Waals surface area contributed by atoms with Gasteiger partial charge < -0.3 is 19.6 Å². The number of nitrogens with one attached hydrogen (secondary N) is 1. The molecule has 0 saturated carbocycles. The van der Waals surface area contributed by atoms with Crippen LogP contribution in [0, 0.1) is 0 Å². The highest BCUT2D eigenvalue weighted by Crippen LogP contribution is 2.38. The van der Waals surface area contributed by atoms with Crippen molar-refractivity contribution in [1.29, 1.82) is 0 Å². The molecule has 0 unspecified atom stereocenters. The largest absolute Gasteiger partial charge is 0.496 e. The van der Waals surface area contributed by atoms with E-state index in [1.807, 2.05) is 48.7 Å². The smallest absolute Gasteiger partial charge is 0.335 e. The molecular weight excluding hydrogens is 520 g/mol. The summed E-state index contributed by atoms with van der Waals surface area (Å²) < 4.78 is 11.7. The second-order valence-electron chi connectivity index (χ2n) is 8.66. The Labute approximate surface area is 229 Å². The van der Waals surface area contributed by atoms with Gasteiger partial charge in [0.2, 0.25) is 0 Å². The van der Waals surface area contributed by atoms with Gasteiger partial charge >= 0.3 is 5.97 Å². The van der Waals surface area contributed by atoms with E-state index in [1.165, 1.54) is 11.8 Å². The lowest BCUT2D eigenvalue weighted by Crippen LogP contribution is -2.30. The van der Waals surface area contributed by atoms with Gasteiger partial charge in [-0.2, -0.15) is 0 Å². The summed E-state index contributed by atoms with van der Waals surface area (Å²) in [4.78, 5) is 29.6. The Morgan fingerprint density at radius 3 is 2.53 bits per heavy atom. The minimum atomic E-state index is -0.968. The zero-order valence-electron chi connectivity index (χ0n) is 20.7. The topological polar surface area (TPSA) is 91.9 Å². The molecule has 192 valence electrons. The number of benzene rings is 3. The Hall–Kier alpha value is -4.08. The number of amides is 1. The molecule has 1 aliphatic heterocycles. The van der Waals surface area contributed by atoms with Crippen molar-refractivity contribution in [2.24, 2.45) is 0 Å². The summed E-state index contributed by atoms with van der Waals surface area (Å²) in [6.45, 7) is 0.415. The number of fused-ring (bicyclic) bond motifs is 1. The zero-order chi connectivity index (χ0) is 26.8. The van der Waals surface area contributed by atoms with Gasteiger partial charge in [-0.05, 0) is 71.7 Å². The number of methoxy groups -OCH3 is 2. The Bertz CT molecular complexity index is 1590. The SMILES string of the molecule is COc1ccc(/C=C2\SC(=S)N(CCc3ccc(C(=O)O)cc3)C2=O)cc1-c1cc(OC)c2cc[nH]c2c1. The van der Waals surface area contributed by atoms with E-state index in [4.69, 9.17) is 26.8 Å². The van der Waals surface area contributed by atoms with Crippen molar-refractivity contribution >= 4 is 57.2 Å². The second-order valence-corrected chi connectivity index (χ2v) is 10.3. The number of ether oxygens (including phenoxy) is 2. The molecule has 0 radical (unpaired) electrons. The monoisotopic (exact) mass is 544 g/mol. The van der Waals surface area contributed by atoms with Crippen LogP contribution in [0.25, 0.3) is 28.1 Å². The van der Waals surface area contributed by atoms with Crippen LogP contribution in [0.3, 0.4) is 0 Å². The van der Waals surface area contributed by atoms with Crippen molar-refractivity contribution < 1.29 is 24.2 Å². The lowest BCUT2D eigenvalue weighted by atomic mass is 10.00. The summed E-state index contributed by atoms with van der Waals surface area (Å²) in [6.07, 6.45) is 4.28. The minimum Gasteiger partial charge on any atom is -0.496 e. The highest BCUT2D eigenvalue weighted by atomic mass is 32.2. The highest BCUT2D eigenvalue weighted by molar-refractivity contribution is 8.26. The summed E-state index contributed by atoms with van der Waals surface area (Å²) >= 11 is 6.77. The number of carbonyl (C=O) groups excluding carboxylic acids is 1. The van der Waals surface area contributed by atoms with Gasteiger partial charge in [-0.25, -0.2) is 4.79 Å². The molecular formula is C29H24N2O5S2. The summed E-state index contributed by atoms with van der Waals surface area (Å²) in [5.74, 6) is 0.347. The van der Waals surface area contributed by atoms with Crippen LogP contribution in [-0.4, -0.2) is 52.0 Å². The fourth-order valence-electron chi connectivity index (χ4n) is 4.40. The van der Waals surface area contributed by atoms with Gasteiger partial charge in [-0.1, -0.05) is 42.2 Å². The number of carbonyl (C=O) groups is 2. The molecule has 2 N–H and O–H groups in total. The van der Waals surface area contributed by atoms with E-state index >= 15 is 0 Å². The number of aromatic nitrogens is 1. The third-order valence-electron chi connectivity index (χ3n) is 6.38. The van der Waals surface area contributed by atoms with Gasteiger partial charge in [0.05, 0.1) is 24.7 Å². The third-order valence-corrected chi connectivity index (χ3v) is 7.76. The van der Waals surface area contributed by atoms with E-state index in [-0.39, 0.29) is 11.5 Å². The first-order valence-corrected chi connectivity index (χ1v) is 13.0. The Morgan fingerprint density at radius 2 is 1.82 bits per heavy atom. The first-order chi connectivity index (χ1) is 18.4. The van der Waals surface area contributed by atoms with Crippen LogP contribution in [0.5, 0.6) is 11.5 Å². The molecule has 0 bridgehead atoms. The molecule has 1 amide bonds. The highest BCUT2D eigenvalue weighted by Gasteiger charge is 2.31. The van der Waals surface area contributed by atoms with Crippen LogP contribution in [0.2, 0.25) is 0 Å². The number of H-pyrrole nitrogens is 1. The van der Waals surface area contributed by atoms with Crippen LogP contribution in [-0.2, 0) is 11.2 Å². The van der Waals surface area contributed by atoms with Crippen LogP contribution in [0.15, 0.2) is 71.8 Å². The maximum absolute atomic E-state index is 13.2. The van der Waals surface area contributed by atoms with Crippen LogP contribution in [0.4, 0.5) is 0 Å². The van der Waals surface area contributed by atoms with Gasteiger partial charge in [-0.3, -0.25) is 9.69 Å². The van der Waals surface area contributed by atoms with E-state index < -0.39 is 5.97 Å². The number of aromatic carboxylic acids is 1. The molecule has 0 aliphatic carbocycles. The summed E-state index contributed by atoms with van der Waals surface area (Å²) in [6, 6.07) is 18.4. The molecule has 1 aromatic heterocycles. The van der Waals surface area contributed by atoms with Gasteiger partial charge in [0.25, 0.3) is 5.91 Å². The molecule has 0 atom stereocenters. The Kier molecular flexibility index (Phi) is 7.22. The standard InChI is InChI=1S/C29H24N2O5S2/c1-35-24-8-5-18(13-22(24)20-15-23-21(9-11-30-23)25(16-20)36-2)14-26-27(32)31(29(37)38-26)12-10-17-3-6-19(7-4-17)28(33)34/h3-9,11,13-16,30H,10,12H2,1-2H3,(H,33,34)/b26-14-. The van der Waals surface area contributed by atoms with Gasteiger partial charge in [0, 0.05) is 29.2 Å². The van der Waals surface area contributed by atoms with Crippen molar-refractivity contribution in [3.8, 4) is 22.6 Å². The summed E-state index contributed by atoms with van der Waals surface area (Å²) in [5.41, 5.74) is 4.75. The van der Waals surface area contributed by atoms with E-state index in [1.54, 1.807) is 43.4 Å². The number of thioether (sulfide) groups is 1. The normalized spacial score (nSPS) is 14.5. The molecule has 1 fully saturated rings. The van der Waals surface area contributed by atoms with Crippen molar-refractivity contribution in [3.63, 3.8) is 0 Å². The number of carboxylic acids is 1. The van der Waals surface area contributed by atoms with Crippen molar-refractivity contribution in [2.45, 2.75) is 6.42 Å². The maximum Gasteiger partial charge on any atom is 0.335 e. The first kappa shape index (κ1) is 25.6. The molecule has 5 rings (SSSR count). The van der Waals surface area contributed by atoms with Crippen molar-refractivity contribution in [1.82, 2.24) is 9.88 Å². The third kappa shape index (κ3) is 5.03. The van der Waals surface area contributed by atoms with Crippen LogP contribution >= 0.6 is 24.0 Å². The molecule has 7 nitrogen and oxygen atoms in total. The number of aromatic amines is 1. The average Bonchev–Trinajstić information content (AvgIpc) is 3.51. The first-order valence-electron chi connectivity index (χ1n) is 11.8. The van der Waals surface area contributed by atoms with E-state index in [0.717, 1.165) is 38.9 Å². The number of hydrogen-bond donors (Lipinski definition) is 2. The molecule has 3 aromatic carbocycles. The van der Waals surface area contributed by atoms with E-state index in [2.05, 4.69) is 4.98 Å². The van der Waals surface area contributed by atoms with Gasteiger partial charge in [0.15, 0.2) is 0 Å². The molecule has 38 heavy (non-hydrogen) atoms. The quantitative estimate of drug-likeness (QED) is 0.208. The summed E-state index contributed by atoms with van der Waals surface area (Å²) in [7, 11) is 3.27.